The zero-order valence-electron chi connectivity index (χ0n) is 15.1. The Balaban J connectivity index is 1.77. The molecular formula is C19H14Cl2F4N4O. The molecule has 0 bridgehead atoms. The molecule has 3 N–H and O–H groups in total. The van der Waals surface area contributed by atoms with Gasteiger partial charge in [0.2, 0.25) is 0 Å². The van der Waals surface area contributed by atoms with Crippen molar-refractivity contribution in [1.82, 2.24) is 4.98 Å². The van der Waals surface area contributed by atoms with Crippen molar-refractivity contribution in [3.63, 3.8) is 0 Å². The fourth-order valence-corrected chi connectivity index (χ4v) is 3.10. The van der Waals surface area contributed by atoms with Crippen LogP contribution < -0.4 is 10.6 Å². The summed E-state index contributed by atoms with van der Waals surface area (Å²) in [5.41, 5.74) is -1.43. The van der Waals surface area contributed by atoms with Crippen LogP contribution >= 0.6 is 23.2 Å². The van der Waals surface area contributed by atoms with Crippen LogP contribution in [0.1, 0.15) is 23.2 Å². The number of nitrogens with one attached hydrogen (secondary N) is 3. The fourth-order valence-electron chi connectivity index (χ4n) is 2.56. The number of aromatic nitrogens is 1. The number of hydrogen-bond acceptors (Lipinski definition) is 4. The number of carbonyl (C=O) groups excluding carboxylic acids is 1. The molecule has 1 heterocycles. The van der Waals surface area contributed by atoms with Crippen LogP contribution in [0.15, 0.2) is 42.4 Å². The molecule has 1 aromatic heterocycles. The van der Waals surface area contributed by atoms with Crippen molar-refractivity contribution in [2.45, 2.75) is 19.0 Å². The maximum Gasteiger partial charge on any atom is 0.432 e. The highest BCUT2D eigenvalue weighted by molar-refractivity contribution is 6.40. The minimum atomic E-state index is -4.79. The van der Waals surface area contributed by atoms with Gasteiger partial charge in [0.25, 0.3) is 5.91 Å². The van der Waals surface area contributed by atoms with Gasteiger partial charge in [-0.25, -0.2) is 4.39 Å². The van der Waals surface area contributed by atoms with Gasteiger partial charge in [-0.3, -0.25) is 15.2 Å². The summed E-state index contributed by atoms with van der Waals surface area (Å²) in [5.74, 6) is -1.67. The number of pyridine rings is 1. The fraction of sp³-hybridized carbons (Fsp3) is 0.211. The monoisotopic (exact) mass is 460 g/mol. The van der Waals surface area contributed by atoms with Gasteiger partial charge in [-0.15, -0.1) is 0 Å². The lowest BCUT2D eigenvalue weighted by molar-refractivity contribution is -0.0584. The summed E-state index contributed by atoms with van der Waals surface area (Å²) in [5, 5.41) is 12.2. The molecule has 5 nitrogen and oxygen atoms in total. The van der Waals surface area contributed by atoms with Crippen molar-refractivity contribution >= 4 is 46.2 Å². The molecule has 0 unspecified atom stereocenters. The van der Waals surface area contributed by atoms with Gasteiger partial charge in [-0.05, 0) is 43.0 Å². The number of nitrogens with zero attached hydrogens (tertiary/aromatic N) is 1. The quantitative estimate of drug-likeness (QED) is 0.361. The molecule has 2 aromatic rings. The molecular weight excluding hydrogens is 447 g/mol. The van der Waals surface area contributed by atoms with E-state index in [1.807, 2.05) is 0 Å². The van der Waals surface area contributed by atoms with Crippen molar-refractivity contribution in [3.8, 4) is 0 Å². The maximum atomic E-state index is 14.5. The first-order valence-corrected chi connectivity index (χ1v) is 9.36. The van der Waals surface area contributed by atoms with Gasteiger partial charge in [0.15, 0.2) is 0 Å². The Morgan fingerprint density at radius 1 is 1.17 bits per heavy atom. The number of halogens is 6. The Kier molecular flexibility index (Phi) is 6.33. The number of carbonyl (C=O) groups is 1. The molecule has 11 heteroatoms. The largest absolute Gasteiger partial charge is 0.432 e. The first kappa shape index (κ1) is 22.0. The Labute approximate surface area is 178 Å². The smallest absolute Gasteiger partial charge is 0.356 e. The van der Waals surface area contributed by atoms with Gasteiger partial charge in [0.05, 0.1) is 21.3 Å². The predicted octanol–water partition coefficient (Wildman–Crippen LogP) is 6.07. The summed E-state index contributed by atoms with van der Waals surface area (Å²) in [6.45, 7) is 0. The SMILES string of the molecule is N=C(/C=C(\Nc1ccc(NC(=O)c2c(Cl)cncc2Cl)cc1F)C1CC1)C(F)(F)F. The Morgan fingerprint density at radius 3 is 2.33 bits per heavy atom. The molecule has 0 atom stereocenters. The molecule has 1 aliphatic rings. The van der Waals surface area contributed by atoms with Crippen molar-refractivity contribution in [2.24, 2.45) is 5.92 Å². The van der Waals surface area contributed by atoms with Crippen LogP contribution in [0.25, 0.3) is 0 Å². The van der Waals surface area contributed by atoms with Gasteiger partial charge in [0, 0.05) is 23.8 Å². The lowest BCUT2D eigenvalue weighted by Crippen LogP contribution is -2.21. The average molecular weight is 461 g/mol. The van der Waals surface area contributed by atoms with Gasteiger partial charge >= 0.3 is 6.18 Å². The minimum absolute atomic E-state index is 0.0186. The van der Waals surface area contributed by atoms with Crippen molar-refractivity contribution in [3.05, 3.63) is 63.8 Å². The van der Waals surface area contributed by atoms with Crippen LogP contribution in [0.4, 0.5) is 28.9 Å². The second-order valence-electron chi connectivity index (χ2n) is 6.54. The molecule has 30 heavy (non-hydrogen) atoms. The number of rotatable bonds is 6. The van der Waals surface area contributed by atoms with Crippen LogP contribution in [0.2, 0.25) is 10.0 Å². The predicted molar refractivity (Wildman–Crippen MR) is 107 cm³/mol. The third-order valence-corrected chi connectivity index (χ3v) is 4.78. The van der Waals surface area contributed by atoms with E-state index in [2.05, 4.69) is 15.6 Å². The van der Waals surface area contributed by atoms with E-state index in [9.17, 15) is 22.4 Å². The third kappa shape index (κ3) is 5.28. The third-order valence-electron chi connectivity index (χ3n) is 4.21. The van der Waals surface area contributed by atoms with Crippen molar-refractivity contribution in [2.75, 3.05) is 10.6 Å². The van der Waals surface area contributed by atoms with Gasteiger partial charge in [-0.2, -0.15) is 13.2 Å². The highest BCUT2D eigenvalue weighted by Gasteiger charge is 2.35. The van der Waals surface area contributed by atoms with Crippen LogP contribution in [-0.2, 0) is 0 Å². The van der Waals surface area contributed by atoms with E-state index in [1.165, 1.54) is 24.5 Å². The summed E-state index contributed by atoms with van der Waals surface area (Å²) in [6.07, 6.45) is -0.356. The van der Waals surface area contributed by atoms with Gasteiger partial charge < -0.3 is 10.6 Å². The van der Waals surface area contributed by atoms with E-state index in [0.29, 0.717) is 18.9 Å². The van der Waals surface area contributed by atoms with Gasteiger partial charge in [0.1, 0.15) is 11.5 Å². The number of hydrogen-bond donors (Lipinski definition) is 3. The van der Waals surface area contributed by atoms with Crippen molar-refractivity contribution in [1.29, 1.82) is 5.41 Å². The summed E-state index contributed by atoms with van der Waals surface area (Å²) < 4.78 is 52.4. The van der Waals surface area contributed by atoms with E-state index in [-0.39, 0.29) is 38.6 Å². The van der Waals surface area contributed by atoms with Crippen LogP contribution in [0.5, 0.6) is 0 Å². The average Bonchev–Trinajstić information content (AvgIpc) is 3.47. The van der Waals surface area contributed by atoms with E-state index in [1.54, 1.807) is 0 Å². The molecule has 3 rings (SSSR count). The molecule has 1 amide bonds. The summed E-state index contributed by atoms with van der Waals surface area (Å²) >= 11 is 11.8. The molecule has 1 aliphatic carbocycles. The molecule has 1 aromatic carbocycles. The summed E-state index contributed by atoms with van der Waals surface area (Å²) in [4.78, 5) is 16.1. The maximum absolute atomic E-state index is 14.5. The molecule has 0 aliphatic heterocycles. The second-order valence-corrected chi connectivity index (χ2v) is 7.35. The topological polar surface area (TPSA) is 77.9 Å². The van der Waals surface area contributed by atoms with Gasteiger partial charge in [-0.1, -0.05) is 23.2 Å². The number of anilines is 2. The summed E-state index contributed by atoms with van der Waals surface area (Å²) in [7, 11) is 0. The standard InChI is InChI=1S/C19H14Cl2F4N4O/c20-11-7-27-8-12(21)17(11)18(30)28-10-3-4-14(13(22)5-10)29-15(9-1-2-9)6-16(26)19(23,24)25/h3-9,26,29H,1-2H2,(H,28,30)/b15-6-,26-16?. The molecule has 0 spiro atoms. The Morgan fingerprint density at radius 2 is 1.80 bits per heavy atom. The zero-order chi connectivity index (χ0) is 22.1. The highest BCUT2D eigenvalue weighted by Crippen LogP contribution is 2.38. The Bertz CT molecular complexity index is 1020. The van der Waals surface area contributed by atoms with Crippen LogP contribution in [0.3, 0.4) is 0 Å². The molecule has 0 radical (unpaired) electrons. The van der Waals surface area contributed by atoms with E-state index in [0.717, 1.165) is 6.07 Å². The van der Waals surface area contributed by atoms with Crippen molar-refractivity contribution < 1.29 is 22.4 Å². The lowest BCUT2D eigenvalue weighted by Gasteiger charge is -2.14. The molecule has 158 valence electrons. The summed E-state index contributed by atoms with van der Waals surface area (Å²) in [6, 6.07) is 3.64. The number of benzene rings is 1. The second kappa shape index (κ2) is 8.61. The van der Waals surface area contributed by atoms with Crippen LogP contribution in [-0.4, -0.2) is 22.8 Å². The Hall–Kier alpha value is -2.65. The number of allylic oxidation sites excluding steroid dienone is 2. The van der Waals surface area contributed by atoms with E-state index < -0.39 is 23.6 Å². The number of alkyl halides is 3. The number of amides is 1. The normalized spacial score (nSPS) is 14.4. The lowest BCUT2D eigenvalue weighted by atomic mass is 10.2. The zero-order valence-corrected chi connectivity index (χ0v) is 16.6. The van der Waals surface area contributed by atoms with E-state index in [4.69, 9.17) is 28.6 Å². The molecule has 1 fully saturated rings. The molecule has 0 saturated heterocycles. The first-order valence-electron chi connectivity index (χ1n) is 8.60. The molecule has 1 saturated carbocycles. The highest BCUT2D eigenvalue weighted by atomic mass is 35.5. The van der Waals surface area contributed by atoms with E-state index >= 15 is 0 Å². The first-order chi connectivity index (χ1) is 14.1. The minimum Gasteiger partial charge on any atom is -0.356 e. The van der Waals surface area contributed by atoms with Crippen LogP contribution in [0, 0.1) is 17.1 Å².